The third-order valence-corrected chi connectivity index (χ3v) is 3.67. The van der Waals surface area contributed by atoms with Crippen molar-refractivity contribution in [2.45, 2.75) is 50.9 Å². The predicted molar refractivity (Wildman–Crippen MR) is 73.3 cm³/mol. The molecule has 0 spiro atoms. The summed E-state index contributed by atoms with van der Waals surface area (Å²) in [5.41, 5.74) is 0.322. The summed E-state index contributed by atoms with van der Waals surface area (Å²) in [6.45, 7) is 1.73. The predicted octanol–water partition coefficient (Wildman–Crippen LogP) is 0.833. The maximum atomic E-state index is 12.2. The Balaban J connectivity index is 2.05. The number of aryl methyl sites for hydroxylation is 1. The number of rotatable bonds is 3. The third-order valence-electron chi connectivity index (χ3n) is 3.67. The minimum absolute atomic E-state index is 0.227. The molecule has 0 bridgehead atoms. The number of methoxy groups -OCH3 is 1. The van der Waals surface area contributed by atoms with Gasteiger partial charge >= 0.3 is 0 Å². The summed E-state index contributed by atoms with van der Waals surface area (Å²) in [6, 6.07) is 1.27. The van der Waals surface area contributed by atoms with Crippen molar-refractivity contribution in [3.63, 3.8) is 0 Å². The summed E-state index contributed by atoms with van der Waals surface area (Å²) in [7, 11) is 1.59. The lowest BCUT2D eigenvalue weighted by Crippen LogP contribution is -2.48. The van der Waals surface area contributed by atoms with Crippen LogP contribution in [0.25, 0.3) is 0 Å². The highest BCUT2D eigenvalue weighted by Gasteiger charge is 2.31. The highest BCUT2D eigenvalue weighted by atomic mass is 16.5. The summed E-state index contributed by atoms with van der Waals surface area (Å²) in [5.74, 6) is 0.269. The van der Waals surface area contributed by atoms with Crippen molar-refractivity contribution in [2.24, 2.45) is 0 Å². The summed E-state index contributed by atoms with van der Waals surface area (Å²) >= 11 is 0. The van der Waals surface area contributed by atoms with Crippen LogP contribution < -0.4 is 5.32 Å². The quantitative estimate of drug-likeness (QED) is 0.801. The molecular formula is C14H21N3O3. The van der Waals surface area contributed by atoms with Crippen LogP contribution in [0.5, 0.6) is 0 Å². The Morgan fingerprint density at radius 1 is 1.45 bits per heavy atom. The average Bonchev–Trinajstić information content (AvgIpc) is 2.61. The Hall–Kier alpha value is -1.53. The molecule has 1 aromatic rings. The molecule has 0 aliphatic heterocycles. The standard InChI is InChI=1S/C14H21N3O3/c1-9-15-8-7-11(16-9)14(19)17-10-5-3-4-6-12(20-2)13(10)18/h7-8,10,12-13,18H,3-6H2,1-2H3,(H,17,19)/t10-,12-,13-/m1/s1. The number of aliphatic hydroxyl groups is 1. The van der Waals surface area contributed by atoms with Crippen LogP contribution in [-0.4, -0.2) is 46.3 Å². The summed E-state index contributed by atoms with van der Waals surface area (Å²) < 4.78 is 5.29. The normalized spacial score (nSPS) is 26.9. The van der Waals surface area contributed by atoms with Crippen molar-refractivity contribution in [3.05, 3.63) is 23.8 Å². The topological polar surface area (TPSA) is 84.3 Å². The molecule has 110 valence electrons. The Bertz CT molecular complexity index is 467. The largest absolute Gasteiger partial charge is 0.388 e. The number of amides is 1. The molecule has 1 aromatic heterocycles. The first kappa shape index (κ1) is 14.9. The van der Waals surface area contributed by atoms with Gasteiger partial charge in [0.1, 0.15) is 17.6 Å². The Morgan fingerprint density at radius 3 is 2.90 bits per heavy atom. The zero-order valence-corrected chi connectivity index (χ0v) is 11.9. The minimum Gasteiger partial charge on any atom is -0.388 e. The van der Waals surface area contributed by atoms with E-state index in [4.69, 9.17) is 4.74 Å². The molecule has 3 atom stereocenters. The molecule has 0 aromatic carbocycles. The second kappa shape index (κ2) is 6.76. The molecule has 0 radical (unpaired) electrons. The zero-order chi connectivity index (χ0) is 14.5. The molecule has 2 N–H and O–H groups in total. The van der Waals surface area contributed by atoms with Gasteiger partial charge in [0.05, 0.1) is 12.1 Å². The highest BCUT2D eigenvalue weighted by molar-refractivity contribution is 5.92. The lowest BCUT2D eigenvalue weighted by atomic mass is 10.0. The van der Waals surface area contributed by atoms with E-state index >= 15 is 0 Å². The Morgan fingerprint density at radius 2 is 2.20 bits per heavy atom. The van der Waals surface area contributed by atoms with Gasteiger partial charge in [-0.15, -0.1) is 0 Å². The summed E-state index contributed by atoms with van der Waals surface area (Å²) in [4.78, 5) is 20.2. The first-order chi connectivity index (χ1) is 9.61. The number of ether oxygens (including phenoxy) is 1. The molecule has 1 amide bonds. The SMILES string of the molecule is CO[C@@H]1CCCC[C@@H](NC(=O)c2ccnc(C)n2)[C@H]1O. The van der Waals surface area contributed by atoms with E-state index in [2.05, 4.69) is 15.3 Å². The fraction of sp³-hybridized carbons (Fsp3) is 0.643. The second-order valence-corrected chi connectivity index (χ2v) is 5.12. The molecule has 1 fully saturated rings. The molecule has 20 heavy (non-hydrogen) atoms. The number of aliphatic hydroxyl groups excluding tert-OH is 1. The lowest BCUT2D eigenvalue weighted by Gasteiger charge is -2.26. The first-order valence-corrected chi connectivity index (χ1v) is 6.93. The number of hydrogen-bond donors (Lipinski definition) is 2. The zero-order valence-electron chi connectivity index (χ0n) is 11.9. The highest BCUT2D eigenvalue weighted by Crippen LogP contribution is 2.21. The Labute approximate surface area is 118 Å². The van der Waals surface area contributed by atoms with Crippen molar-refractivity contribution >= 4 is 5.91 Å². The van der Waals surface area contributed by atoms with Crippen LogP contribution in [-0.2, 0) is 4.74 Å². The average molecular weight is 279 g/mol. The van der Waals surface area contributed by atoms with E-state index in [0.717, 1.165) is 25.7 Å². The number of aromatic nitrogens is 2. The minimum atomic E-state index is -0.686. The monoisotopic (exact) mass is 279 g/mol. The van der Waals surface area contributed by atoms with E-state index in [0.29, 0.717) is 11.5 Å². The molecule has 0 saturated heterocycles. The second-order valence-electron chi connectivity index (χ2n) is 5.12. The van der Waals surface area contributed by atoms with Gasteiger partial charge in [0.15, 0.2) is 0 Å². The number of hydrogen-bond acceptors (Lipinski definition) is 5. The van der Waals surface area contributed by atoms with Crippen LogP contribution in [0.4, 0.5) is 0 Å². The van der Waals surface area contributed by atoms with Gasteiger partial charge in [0.2, 0.25) is 0 Å². The van der Waals surface area contributed by atoms with Crippen LogP contribution >= 0.6 is 0 Å². The van der Waals surface area contributed by atoms with Gasteiger partial charge < -0.3 is 15.2 Å². The summed E-state index contributed by atoms with van der Waals surface area (Å²) in [6.07, 6.45) is 4.16. The number of carbonyl (C=O) groups is 1. The molecule has 2 rings (SSSR count). The fourth-order valence-corrected chi connectivity index (χ4v) is 2.55. The molecule has 6 nitrogen and oxygen atoms in total. The molecular weight excluding hydrogens is 258 g/mol. The van der Waals surface area contributed by atoms with Gasteiger partial charge in [-0.3, -0.25) is 4.79 Å². The molecule has 1 aliphatic carbocycles. The lowest BCUT2D eigenvalue weighted by molar-refractivity contribution is -0.0277. The van der Waals surface area contributed by atoms with E-state index in [9.17, 15) is 9.90 Å². The molecule has 1 heterocycles. The molecule has 1 saturated carbocycles. The van der Waals surface area contributed by atoms with Gasteiger partial charge in [0, 0.05) is 13.3 Å². The van der Waals surface area contributed by atoms with Crippen LogP contribution in [0.15, 0.2) is 12.3 Å². The van der Waals surface area contributed by atoms with Crippen LogP contribution in [0.1, 0.15) is 42.0 Å². The molecule has 6 heteroatoms. The van der Waals surface area contributed by atoms with Crippen LogP contribution in [0, 0.1) is 6.92 Å². The van der Waals surface area contributed by atoms with Crippen molar-refractivity contribution in [3.8, 4) is 0 Å². The van der Waals surface area contributed by atoms with Crippen molar-refractivity contribution in [1.29, 1.82) is 0 Å². The van der Waals surface area contributed by atoms with E-state index in [-0.39, 0.29) is 18.1 Å². The van der Waals surface area contributed by atoms with Gasteiger partial charge in [-0.05, 0) is 25.8 Å². The fourth-order valence-electron chi connectivity index (χ4n) is 2.55. The van der Waals surface area contributed by atoms with Gasteiger partial charge in [-0.2, -0.15) is 0 Å². The first-order valence-electron chi connectivity index (χ1n) is 6.93. The van der Waals surface area contributed by atoms with Crippen molar-refractivity contribution < 1.29 is 14.6 Å². The van der Waals surface area contributed by atoms with Gasteiger partial charge in [-0.25, -0.2) is 9.97 Å². The van der Waals surface area contributed by atoms with E-state index in [1.54, 1.807) is 26.3 Å². The maximum absolute atomic E-state index is 12.2. The van der Waals surface area contributed by atoms with E-state index in [1.165, 1.54) is 0 Å². The van der Waals surface area contributed by atoms with Crippen LogP contribution in [0.2, 0.25) is 0 Å². The van der Waals surface area contributed by atoms with Gasteiger partial charge in [-0.1, -0.05) is 12.8 Å². The van der Waals surface area contributed by atoms with Crippen molar-refractivity contribution in [1.82, 2.24) is 15.3 Å². The smallest absolute Gasteiger partial charge is 0.270 e. The number of carbonyl (C=O) groups excluding carboxylic acids is 1. The van der Waals surface area contributed by atoms with E-state index in [1.807, 2.05) is 0 Å². The Kier molecular flexibility index (Phi) is 5.03. The van der Waals surface area contributed by atoms with Crippen molar-refractivity contribution in [2.75, 3.05) is 7.11 Å². The van der Waals surface area contributed by atoms with E-state index < -0.39 is 6.10 Å². The van der Waals surface area contributed by atoms with Gasteiger partial charge in [0.25, 0.3) is 5.91 Å². The number of nitrogens with zero attached hydrogens (tertiary/aromatic N) is 2. The molecule has 0 unspecified atom stereocenters. The number of nitrogens with one attached hydrogen (secondary N) is 1. The maximum Gasteiger partial charge on any atom is 0.270 e. The third kappa shape index (κ3) is 3.52. The summed E-state index contributed by atoms with van der Waals surface area (Å²) in [5, 5.41) is 13.1. The molecule has 1 aliphatic rings. The van der Waals surface area contributed by atoms with Crippen LogP contribution in [0.3, 0.4) is 0 Å².